The van der Waals surface area contributed by atoms with Crippen molar-refractivity contribution >= 4 is 11.9 Å². The summed E-state index contributed by atoms with van der Waals surface area (Å²) < 4.78 is 5.02. The highest BCUT2D eigenvalue weighted by Gasteiger charge is 2.28. The number of aliphatic carboxylic acids is 1. The van der Waals surface area contributed by atoms with E-state index in [1.54, 1.807) is 19.2 Å². The predicted molar refractivity (Wildman–Crippen MR) is 80.1 cm³/mol. The van der Waals surface area contributed by atoms with Gasteiger partial charge >= 0.3 is 5.97 Å². The fraction of sp³-hybridized carbons (Fsp3) is 0.500. The molecular weight excluding hydrogens is 270 g/mol. The zero-order valence-electron chi connectivity index (χ0n) is 13.0. The second-order valence-electron chi connectivity index (χ2n) is 6.12. The number of benzene rings is 1. The summed E-state index contributed by atoms with van der Waals surface area (Å²) in [6, 6.07) is 6.64. The van der Waals surface area contributed by atoms with Crippen molar-refractivity contribution in [3.8, 4) is 0 Å². The van der Waals surface area contributed by atoms with Crippen molar-refractivity contribution in [3.63, 3.8) is 0 Å². The van der Waals surface area contributed by atoms with Crippen LogP contribution in [-0.2, 0) is 16.1 Å². The molecule has 116 valence electrons. The van der Waals surface area contributed by atoms with Gasteiger partial charge in [-0.3, -0.25) is 9.59 Å². The van der Waals surface area contributed by atoms with Crippen LogP contribution in [0.2, 0.25) is 0 Å². The fourth-order valence-corrected chi connectivity index (χ4v) is 1.91. The van der Waals surface area contributed by atoms with Gasteiger partial charge in [0.25, 0.3) is 5.91 Å². The topological polar surface area (TPSA) is 75.6 Å². The van der Waals surface area contributed by atoms with E-state index in [4.69, 9.17) is 9.84 Å². The smallest absolute Gasteiger partial charge is 0.305 e. The molecule has 0 radical (unpaired) electrons. The fourth-order valence-electron chi connectivity index (χ4n) is 1.91. The number of ether oxygens (including phenoxy) is 1. The monoisotopic (exact) mass is 293 g/mol. The predicted octanol–water partition coefficient (Wildman–Crippen LogP) is 2.45. The number of carbonyl (C=O) groups excluding carboxylic acids is 1. The van der Waals surface area contributed by atoms with Crippen molar-refractivity contribution < 1.29 is 19.4 Å². The van der Waals surface area contributed by atoms with Crippen LogP contribution in [0.15, 0.2) is 24.3 Å². The maximum absolute atomic E-state index is 12.2. The van der Waals surface area contributed by atoms with E-state index >= 15 is 0 Å². The highest BCUT2D eigenvalue weighted by Crippen LogP contribution is 2.22. The van der Waals surface area contributed by atoms with Gasteiger partial charge in [0, 0.05) is 18.7 Å². The normalized spacial score (nSPS) is 12.8. The number of carboxylic acid groups (broad SMARTS) is 1. The average molecular weight is 293 g/mol. The summed E-state index contributed by atoms with van der Waals surface area (Å²) >= 11 is 0. The molecule has 2 N–H and O–H groups in total. The summed E-state index contributed by atoms with van der Waals surface area (Å²) in [4.78, 5) is 23.1. The molecule has 1 atom stereocenters. The van der Waals surface area contributed by atoms with E-state index in [1.807, 2.05) is 32.9 Å². The van der Waals surface area contributed by atoms with Gasteiger partial charge in [-0.15, -0.1) is 0 Å². The molecule has 0 aliphatic heterocycles. The van der Waals surface area contributed by atoms with E-state index in [0.717, 1.165) is 5.56 Å². The lowest BCUT2D eigenvalue weighted by molar-refractivity contribution is -0.138. The Morgan fingerprint density at radius 2 is 1.81 bits per heavy atom. The minimum Gasteiger partial charge on any atom is -0.481 e. The second-order valence-corrected chi connectivity index (χ2v) is 6.12. The summed E-state index contributed by atoms with van der Waals surface area (Å²) in [6.07, 6.45) is -0.100. The standard InChI is InChI=1S/C16H23NO4/c1-16(2,3)13(9-14(18)19)17-15(20)12-7-5-11(6-8-12)10-21-4/h5-8,13H,9-10H2,1-4H3,(H,17,20)(H,18,19). The highest BCUT2D eigenvalue weighted by atomic mass is 16.5. The summed E-state index contributed by atoms with van der Waals surface area (Å²) in [7, 11) is 1.61. The first kappa shape index (κ1) is 17.2. The molecule has 0 saturated carbocycles. The molecular formula is C16H23NO4. The quantitative estimate of drug-likeness (QED) is 0.844. The molecule has 0 saturated heterocycles. The van der Waals surface area contributed by atoms with E-state index in [0.29, 0.717) is 12.2 Å². The van der Waals surface area contributed by atoms with Gasteiger partial charge in [0.1, 0.15) is 0 Å². The van der Waals surface area contributed by atoms with Gasteiger partial charge in [0.05, 0.1) is 13.0 Å². The van der Waals surface area contributed by atoms with Crippen molar-refractivity contribution in [2.24, 2.45) is 5.41 Å². The average Bonchev–Trinajstić information content (AvgIpc) is 2.37. The van der Waals surface area contributed by atoms with Gasteiger partial charge in [-0.25, -0.2) is 0 Å². The lowest BCUT2D eigenvalue weighted by atomic mass is 9.84. The third-order valence-corrected chi connectivity index (χ3v) is 3.26. The van der Waals surface area contributed by atoms with Gasteiger partial charge in [0.15, 0.2) is 0 Å². The molecule has 5 heteroatoms. The van der Waals surface area contributed by atoms with E-state index in [1.165, 1.54) is 0 Å². The van der Waals surface area contributed by atoms with E-state index in [9.17, 15) is 9.59 Å². The molecule has 1 aromatic carbocycles. The summed E-state index contributed by atoms with van der Waals surface area (Å²) in [5, 5.41) is 11.8. The van der Waals surface area contributed by atoms with Crippen molar-refractivity contribution in [1.29, 1.82) is 0 Å². The van der Waals surface area contributed by atoms with E-state index in [2.05, 4.69) is 5.32 Å². The van der Waals surface area contributed by atoms with Crippen LogP contribution in [0.1, 0.15) is 43.1 Å². The van der Waals surface area contributed by atoms with Crippen LogP contribution >= 0.6 is 0 Å². The Kier molecular flexibility index (Phi) is 5.90. The number of nitrogens with one attached hydrogen (secondary N) is 1. The Morgan fingerprint density at radius 3 is 2.24 bits per heavy atom. The summed E-state index contributed by atoms with van der Waals surface area (Å²) in [6.45, 7) is 6.21. The lowest BCUT2D eigenvalue weighted by Gasteiger charge is -2.30. The van der Waals surface area contributed by atoms with Crippen LogP contribution in [0.4, 0.5) is 0 Å². The highest BCUT2D eigenvalue weighted by molar-refractivity contribution is 5.94. The van der Waals surface area contributed by atoms with Crippen LogP contribution in [0.5, 0.6) is 0 Å². The molecule has 5 nitrogen and oxygen atoms in total. The van der Waals surface area contributed by atoms with Gasteiger partial charge in [0.2, 0.25) is 0 Å². The molecule has 1 amide bonds. The number of rotatable bonds is 6. The molecule has 0 aliphatic rings. The van der Waals surface area contributed by atoms with Gasteiger partial charge in [-0.2, -0.15) is 0 Å². The van der Waals surface area contributed by atoms with Gasteiger partial charge in [-0.05, 0) is 23.1 Å². The maximum atomic E-state index is 12.2. The summed E-state index contributed by atoms with van der Waals surface area (Å²) in [5.41, 5.74) is 1.16. The van der Waals surface area contributed by atoms with E-state index in [-0.39, 0.29) is 17.7 Å². The van der Waals surface area contributed by atoms with Gasteiger partial charge in [-0.1, -0.05) is 32.9 Å². The molecule has 1 rings (SSSR count). The zero-order valence-corrected chi connectivity index (χ0v) is 13.0. The third kappa shape index (κ3) is 5.55. The molecule has 0 aromatic heterocycles. The zero-order chi connectivity index (χ0) is 16.0. The molecule has 1 unspecified atom stereocenters. The first-order valence-corrected chi connectivity index (χ1v) is 6.84. The molecule has 21 heavy (non-hydrogen) atoms. The molecule has 0 heterocycles. The Balaban J connectivity index is 2.79. The Bertz CT molecular complexity index is 488. The van der Waals surface area contributed by atoms with Crippen LogP contribution in [-0.4, -0.2) is 30.1 Å². The molecule has 1 aromatic rings. The van der Waals surface area contributed by atoms with Crippen LogP contribution < -0.4 is 5.32 Å². The third-order valence-electron chi connectivity index (χ3n) is 3.26. The van der Waals surface area contributed by atoms with E-state index < -0.39 is 12.0 Å². The number of methoxy groups -OCH3 is 1. The molecule has 0 aliphatic carbocycles. The van der Waals surface area contributed by atoms with Crippen LogP contribution in [0.25, 0.3) is 0 Å². The minimum atomic E-state index is -0.925. The summed E-state index contributed by atoms with van der Waals surface area (Å²) in [5.74, 6) is -1.19. The minimum absolute atomic E-state index is 0.100. The maximum Gasteiger partial charge on any atom is 0.305 e. The second kappa shape index (κ2) is 7.22. The number of carboxylic acids is 1. The first-order valence-electron chi connectivity index (χ1n) is 6.84. The molecule has 0 fully saturated rings. The van der Waals surface area contributed by atoms with Crippen molar-refractivity contribution in [2.45, 2.75) is 39.8 Å². The number of carbonyl (C=O) groups is 2. The van der Waals surface area contributed by atoms with Crippen molar-refractivity contribution in [2.75, 3.05) is 7.11 Å². The lowest BCUT2D eigenvalue weighted by Crippen LogP contribution is -2.45. The number of hydrogen-bond donors (Lipinski definition) is 2. The largest absolute Gasteiger partial charge is 0.481 e. The van der Waals surface area contributed by atoms with Crippen LogP contribution in [0, 0.1) is 5.41 Å². The van der Waals surface area contributed by atoms with Crippen molar-refractivity contribution in [1.82, 2.24) is 5.32 Å². The van der Waals surface area contributed by atoms with Crippen molar-refractivity contribution in [3.05, 3.63) is 35.4 Å². The molecule has 0 spiro atoms. The van der Waals surface area contributed by atoms with Gasteiger partial charge < -0.3 is 15.2 Å². The number of amides is 1. The Labute approximate surface area is 125 Å². The van der Waals surface area contributed by atoms with Crippen LogP contribution in [0.3, 0.4) is 0 Å². The number of hydrogen-bond acceptors (Lipinski definition) is 3. The SMILES string of the molecule is COCc1ccc(C(=O)NC(CC(=O)O)C(C)(C)C)cc1. The molecule has 0 bridgehead atoms. The Hall–Kier alpha value is -1.88. The first-order chi connectivity index (χ1) is 9.74. The Morgan fingerprint density at radius 1 is 1.24 bits per heavy atom.